The van der Waals surface area contributed by atoms with Gasteiger partial charge in [0.05, 0.1) is 17.3 Å². The molecule has 0 radical (unpaired) electrons. The van der Waals surface area contributed by atoms with Crippen molar-refractivity contribution in [3.63, 3.8) is 0 Å². The Balaban J connectivity index is 1.30. The molecule has 1 aliphatic heterocycles. The molecule has 1 saturated carbocycles. The molecule has 2 aliphatic rings. The van der Waals surface area contributed by atoms with Crippen molar-refractivity contribution in [2.24, 2.45) is 0 Å². The zero-order valence-electron chi connectivity index (χ0n) is 18.8. The number of nitrogens with one attached hydrogen (secondary N) is 2. The maximum atomic E-state index is 9.78. The number of hydrogen-bond acceptors (Lipinski definition) is 6. The minimum Gasteiger partial charge on any atom is -0.393 e. The van der Waals surface area contributed by atoms with E-state index in [1.54, 1.807) is 0 Å². The summed E-state index contributed by atoms with van der Waals surface area (Å²) in [5.74, 6) is 1.27. The Labute approximate surface area is 190 Å². The van der Waals surface area contributed by atoms with Gasteiger partial charge in [0.1, 0.15) is 0 Å². The van der Waals surface area contributed by atoms with Gasteiger partial charge in [-0.05, 0) is 88.3 Å². The van der Waals surface area contributed by atoms with Crippen LogP contribution in [0.3, 0.4) is 0 Å². The SMILES string of the molecule is CN1CCC(c2ccc(Nc3ncc4cccc(NC5CCC(O)CC5)c4n3)cc2)CC1. The summed E-state index contributed by atoms with van der Waals surface area (Å²) in [6.07, 6.45) is 7.88. The number of fused-ring (bicyclic) bond motifs is 1. The van der Waals surface area contributed by atoms with Gasteiger partial charge in [0.15, 0.2) is 0 Å². The number of nitrogens with zero attached hydrogens (tertiary/aromatic N) is 3. The number of aliphatic hydroxyl groups excluding tert-OH is 1. The van der Waals surface area contributed by atoms with Crippen LogP contribution < -0.4 is 10.6 Å². The number of para-hydroxylation sites is 1. The Morgan fingerprint density at radius 1 is 0.938 bits per heavy atom. The van der Waals surface area contributed by atoms with Gasteiger partial charge in [-0.2, -0.15) is 0 Å². The minimum atomic E-state index is -0.149. The highest BCUT2D eigenvalue weighted by Gasteiger charge is 2.20. The number of likely N-dealkylation sites (tertiary alicyclic amines) is 1. The molecule has 1 aromatic heterocycles. The van der Waals surface area contributed by atoms with Crippen LogP contribution in [0.2, 0.25) is 0 Å². The molecule has 2 heterocycles. The molecule has 6 nitrogen and oxygen atoms in total. The lowest BCUT2D eigenvalue weighted by Gasteiger charge is -2.29. The van der Waals surface area contributed by atoms with E-state index in [1.165, 1.54) is 31.5 Å². The van der Waals surface area contributed by atoms with E-state index in [9.17, 15) is 5.11 Å². The molecule has 32 heavy (non-hydrogen) atoms. The molecule has 3 aromatic rings. The second-order valence-electron chi connectivity index (χ2n) is 9.41. The number of piperidine rings is 1. The molecule has 1 aliphatic carbocycles. The molecule has 5 rings (SSSR count). The van der Waals surface area contributed by atoms with E-state index in [0.717, 1.165) is 48.0 Å². The van der Waals surface area contributed by atoms with Crippen molar-refractivity contribution in [3.8, 4) is 0 Å². The largest absolute Gasteiger partial charge is 0.393 e. The van der Waals surface area contributed by atoms with Gasteiger partial charge in [0, 0.05) is 23.3 Å². The van der Waals surface area contributed by atoms with Gasteiger partial charge in [-0.3, -0.25) is 0 Å². The summed E-state index contributed by atoms with van der Waals surface area (Å²) < 4.78 is 0. The highest BCUT2D eigenvalue weighted by atomic mass is 16.3. The first kappa shape index (κ1) is 21.2. The Morgan fingerprint density at radius 3 is 2.44 bits per heavy atom. The molecule has 6 heteroatoms. The zero-order chi connectivity index (χ0) is 21.9. The summed E-state index contributed by atoms with van der Waals surface area (Å²) >= 11 is 0. The fourth-order valence-corrected chi connectivity index (χ4v) is 4.98. The third-order valence-corrected chi connectivity index (χ3v) is 7.02. The van der Waals surface area contributed by atoms with Gasteiger partial charge >= 0.3 is 0 Å². The first-order chi connectivity index (χ1) is 15.6. The molecule has 0 unspecified atom stereocenters. The maximum Gasteiger partial charge on any atom is 0.227 e. The number of aromatic nitrogens is 2. The molecular formula is C26H33N5O. The van der Waals surface area contributed by atoms with Crippen molar-refractivity contribution in [2.45, 2.75) is 56.6 Å². The van der Waals surface area contributed by atoms with Crippen molar-refractivity contribution in [2.75, 3.05) is 30.8 Å². The number of anilines is 3. The summed E-state index contributed by atoms with van der Waals surface area (Å²) in [6.45, 7) is 2.35. The third kappa shape index (κ3) is 4.87. The average Bonchev–Trinajstić information content (AvgIpc) is 2.82. The quantitative estimate of drug-likeness (QED) is 0.534. The van der Waals surface area contributed by atoms with Crippen molar-refractivity contribution >= 4 is 28.2 Å². The fraction of sp³-hybridized carbons (Fsp3) is 0.462. The Hall–Kier alpha value is -2.70. The van der Waals surface area contributed by atoms with E-state index in [0.29, 0.717) is 17.9 Å². The van der Waals surface area contributed by atoms with Crippen LogP contribution >= 0.6 is 0 Å². The highest BCUT2D eigenvalue weighted by Crippen LogP contribution is 2.30. The summed E-state index contributed by atoms with van der Waals surface area (Å²) in [4.78, 5) is 11.8. The average molecular weight is 432 g/mol. The van der Waals surface area contributed by atoms with Crippen LogP contribution in [0.15, 0.2) is 48.7 Å². The van der Waals surface area contributed by atoms with Gasteiger partial charge < -0.3 is 20.6 Å². The molecule has 0 amide bonds. The zero-order valence-corrected chi connectivity index (χ0v) is 18.8. The number of hydrogen-bond donors (Lipinski definition) is 3. The molecule has 0 spiro atoms. The Kier molecular flexibility index (Phi) is 6.23. The van der Waals surface area contributed by atoms with Crippen LogP contribution in [0.1, 0.15) is 50.0 Å². The van der Waals surface area contributed by atoms with E-state index in [2.05, 4.69) is 57.9 Å². The predicted octanol–water partition coefficient (Wildman–Crippen LogP) is 4.90. The summed E-state index contributed by atoms with van der Waals surface area (Å²) in [5, 5.41) is 17.8. The normalized spacial score (nSPS) is 22.7. The molecule has 0 atom stereocenters. The van der Waals surface area contributed by atoms with Crippen molar-refractivity contribution < 1.29 is 5.11 Å². The van der Waals surface area contributed by atoms with Crippen LogP contribution in [-0.4, -0.2) is 52.3 Å². The lowest BCUT2D eigenvalue weighted by molar-refractivity contribution is 0.126. The summed E-state index contributed by atoms with van der Waals surface area (Å²) in [6, 6.07) is 15.3. The smallest absolute Gasteiger partial charge is 0.227 e. The van der Waals surface area contributed by atoms with Crippen molar-refractivity contribution in [1.29, 1.82) is 0 Å². The van der Waals surface area contributed by atoms with Gasteiger partial charge in [0.25, 0.3) is 0 Å². The first-order valence-electron chi connectivity index (χ1n) is 11.9. The number of rotatable bonds is 5. The molecule has 1 saturated heterocycles. The van der Waals surface area contributed by atoms with Crippen LogP contribution in [0, 0.1) is 0 Å². The lowest BCUT2D eigenvalue weighted by atomic mass is 9.89. The highest BCUT2D eigenvalue weighted by molar-refractivity contribution is 5.90. The van der Waals surface area contributed by atoms with Crippen LogP contribution in [-0.2, 0) is 0 Å². The third-order valence-electron chi connectivity index (χ3n) is 7.02. The Bertz CT molecular complexity index is 1040. The summed E-state index contributed by atoms with van der Waals surface area (Å²) in [5.41, 5.74) is 4.39. The van der Waals surface area contributed by atoms with Crippen LogP contribution in [0.4, 0.5) is 17.3 Å². The van der Waals surface area contributed by atoms with E-state index < -0.39 is 0 Å². The monoisotopic (exact) mass is 431 g/mol. The second kappa shape index (κ2) is 9.43. The van der Waals surface area contributed by atoms with Gasteiger partial charge in [-0.15, -0.1) is 0 Å². The maximum absolute atomic E-state index is 9.78. The van der Waals surface area contributed by atoms with Gasteiger partial charge in [-0.1, -0.05) is 24.3 Å². The minimum absolute atomic E-state index is 0.149. The standard InChI is InChI=1S/C26H33N5O/c1-31-15-13-19(14-16-31)18-5-7-22(8-6-18)29-26-27-17-20-3-2-4-24(25(20)30-26)28-21-9-11-23(32)12-10-21/h2-8,17,19,21,23,28,32H,9-16H2,1H3,(H,27,29,30). The van der Waals surface area contributed by atoms with Crippen LogP contribution in [0.5, 0.6) is 0 Å². The van der Waals surface area contributed by atoms with Crippen molar-refractivity contribution in [3.05, 3.63) is 54.2 Å². The summed E-state index contributed by atoms with van der Waals surface area (Å²) in [7, 11) is 2.20. The topological polar surface area (TPSA) is 73.3 Å². The predicted molar refractivity (Wildman–Crippen MR) is 131 cm³/mol. The van der Waals surface area contributed by atoms with Gasteiger partial charge in [0.2, 0.25) is 5.95 Å². The second-order valence-corrected chi connectivity index (χ2v) is 9.41. The molecular weight excluding hydrogens is 398 g/mol. The van der Waals surface area contributed by atoms with Crippen LogP contribution in [0.25, 0.3) is 10.9 Å². The number of benzene rings is 2. The fourth-order valence-electron chi connectivity index (χ4n) is 4.98. The van der Waals surface area contributed by atoms with E-state index in [4.69, 9.17) is 4.98 Å². The van der Waals surface area contributed by atoms with E-state index in [1.807, 2.05) is 18.3 Å². The van der Waals surface area contributed by atoms with E-state index >= 15 is 0 Å². The lowest BCUT2D eigenvalue weighted by Crippen LogP contribution is -2.29. The molecule has 2 aromatic carbocycles. The van der Waals surface area contributed by atoms with E-state index in [-0.39, 0.29) is 6.10 Å². The Morgan fingerprint density at radius 2 is 1.69 bits per heavy atom. The van der Waals surface area contributed by atoms with Gasteiger partial charge in [-0.25, -0.2) is 9.97 Å². The molecule has 2 fully saturated rings. The molecule has 168 valence electrons. The first-order valence-corrected chi connectivity index (χ1v) is 11.9. The van der Waals surface area contributed by atoms with Crippen molar-refractivity contribution in [1.82, 2.24) is 14.9 Å². The molecule has 0 bridgehead atoms. The number of aliphatic hydroxyl groups is 1. The molecule has 3 N–H and O–H groups in total.